The summed E-state index contributed by atoms with van der Waals surface area (Å²) >= 11 is 4.10. The number of hydrogen-bond donors (Lipinski definition) is 8. The molecule has 33 heavy (non-hydrogen) atoms. The van der Waals surface area contributed by atoms with E-state index < -0.39 is 53.8 Å². The summed E-state index contributed by atoms with van der Waals surface area (Å²) in [6.07, 6.45) is 1.27. The fourth-order valence-corrected chi connectivity index (χ4v) is 3.20. The number of primary amides is 1. The van der Waals surface area contributed by atoms with E-state index in [1.807, 2.05) is 13.8 Å². The van der Waals surface area contributed by atoms with Crippen molar-refractivity contribution in [2.24, 2.45) is 23.1 Å². The van der Waals surface area contributed by atoms with Crippen molar-refractivity contribution in [3.63, 3.8) is 0 Å². The molecule has 0 bridgehead atoms. The van der Waals surface area contributed by atoms with Gasteiger partial charge in [-0.25, -0.2) is 4.79 Å². The minimum Gasteiger partial charge on any atom is -0.480 e. The molecule has 190 valence electrons. The van der Waals surface area contributed by atoms with Gasteiger partial charge in [-0.2, -0.15) is 12.6 Å². The van der Waals surface area contributed by atoms with Crippen LogP contribution < -0.4 is 33.2 Å². The van der Waals surface area contributed by atoms with Crippen LogP contribution in [0.2, 0.25) is 0 Å². The molecule has 0 aliphatic carbocycles. The standard InChI is InChI=1S/C20H38N6O6S/c1-11(2)9-12(22)17(28)26-15(10-33)19(30)24-13(5-3-4-8-21)18(29)25-14(20(31)32)6-7-16(23)27/h11-15,33H,3-10,21-22H2,1-2H3,(H2,23,27)(H,24,30)(H,25,29)(H,26,28)(H,31,32). The first kappa shape index (κ1) is 30.6. The molecule has 0 saturated carbocycles. The topological polar surface area (TPSA) is 220 Å². The zero-order valence-corrected chi connectivity index (χ0v) is 20.1. The Morgan fingerprint density at radius 1 is 0.879 bits per heavy atom. The van der Waals surface area contributed by atoms with Gasteiger partial charge in [0.05, 0.1) is 6.04 Å². The SMILES string of the molecule is CC(C)CC(N)C(=O)NC(CS)C(=O)NC(CCCCN)C(=O)NC(CCC(N)=O)C(=O)O. The van der Waals surface area contributed by atoms with E-state index in [9.17, 15) is 29.1 Å². The lowest BCUT2D eigenvalue weighted by molar-refractivity contribution is -0.142. The Hall–Kier alpha value is -2.38. The Labute approximate surface area is 199 Å². The Bertz CT molecular complexity index is 677. The van der Waals surface area contributed by atoms with Gasteiger partial charge in [0.15, 0.2) is 0 Å². The molecule has 0 rings (SSSR count). The van der Waals surface area contributed by atoms with Gasteiger partial charge in [-0.3, -0.25) is 19.2 Å². The summed E-state index contributed by atoms with van der Waals surface area (Å²) in [5, 5.41) is 16.7. The van der Waals surface area contributed by atoms with Crippen LogP contribution in [0.4, 0.5) is 0 Å². The quantitative estimate of drug-likeness (QED) is 0.0858. The minimum absolute atomic E-state index is 0.0422. The van der Waals surface area contributed by atoms with Gasteiger partial charge in [-0.15, -0.1) is 0 Å². The third-order valence-corrected chi connectivity index (χ3v) is 5.12. The van der Waals surface area contributed by atoms with Crippen LogP contribution in [-0.4, -0.2) is 71.2 Å². The number of thiol groups is 1. The van der Waals surface area contributed by atoms with Crippen molar-refractivity contribution in [3.05, 3.63) is 0 Å². The first-order chi connectivity index (χ1) is 15.4. The van der Waals surface area contributed by atoms with Gasteiger partial charge in [0, 0.05) is 12.2 Å². The van der Waals surface area contributed by atoms with Gasteiger partial charge in [-0.1, -0.05) is 13.8 Å². The van der Waals surface area contributed by atoms with Crippen molar-refractivity contribution in [1.82, 2.24) is 16.0 Å². The zero-order valence-electron chi connectivity index (χ0n) is 19.2. The fraction of sp³-hybridized carbons (Fsp3) is 0.750. The van der Waals surface area contributed by atoms with E-state index in [0.717, 1.165) is 0 Å². The van der Waals surface area contributed by atoms with E-state index in [4.69, 9.17) is 17.2 Å². The summed E-state index contributed by atoms with van der Waals surface area (Å²) in [7, 11) is 0. The molecule has 0 aromatic carbocycles. The van der Waals surface area contributed by atoms with Gasteiger partial charge < -0.3 is 38.3 Å². The highest BCUT2D eigenvalue weighted by Crippen LogP contribution is 2.06. The van der Waals surface area contributed by atoms with Gasteiger partial charge in [0.2, 0.25) is 23.6 Å². The Morgan fingerprint density at radius 2 is 1.42 bits per heavy atom. The lowest BCUT2D eigenvalue weighted by Crippen LogP contribution is -2.57. The van der Waals surface area contributed by atoms with E-state index in [1.54, 1.807) is 0 Å². The van der Waals surface area contributed by atoms with Gasteiger partial charge in [0.1, 0.15) is 18.1 Å². The summed E-state index contributed by atoms with van der Waals surface area (Å²) in [4.78, 5) is 60.1. The zero-order chi connectivity index (χ0) is 25.6. The highest BCUT2D eigenvalue weighted by molar-refractivity contribution is 7.80. The number of hydrogen-bond acceptors (Lipinski definition) is 8. The monoisotopic (exact) mass is 490 g/mol. The molecule has 13 heteroatoms. The highest BCUT2D eigenvalue weighted by Gasteiger charge is 2.29. The average molecular weight is 491 g/mol. The summed E-state index contributed by atoms with van der Waals surface area (Å²) in [6.45, 7) is 4.20. The van der Waals surface area contributed by atoms with Crippen LogP contribution in [0, 0.1) is 5.92 Å². The third-order valence-electron chi connectivity index (χ3n) is 4.75. The van der Waals surface area contributed by atoms with Crippen LogP contribution in [0.1, 0.15) is 52.4 Å². The molecule has 12 nitrogen and oxygen atoms in total. The third kappa shape index (κ3) is 13.0. The lowest BCUT2D eigenvalue weighted by atomic mass is 10.0. The highest BCUT2D eigenvalue weighted by atomic mass is 32.1. The Morgan fingerprint density at radius 3 is 1.91 bits per heavy atom. The molecule has 0 aliphatic heterocycles. The fourth-order valence-electron chi connectivity index (χ4n) is 2.94. The predicted octanol–water partition coefficient (Wildman–Crippen LogP) is -1.78. The second-order valence-electron chi connectivity index (χ2n) is 8.23. The van der Waals surface area contributed by atoms with E-state index in [2.05, 4.69) is 28.6 Å². The summed E-state index contributed by atoms with van der Waals surface area (Å²) < 4.78 is 0. The molecule has 0 spiro atoms. The molecule has 4 atom stereocenters. The average Bonchev–Trinajstić information content (AvgIpc) is 2.72. The summed E-state index contributed by atoms with van der Waals surface area (Å²) in [5.41, 5.74) is 16.4. The first-order valence-electron chi connectivity index (χ1n) is 10.9. The van der Waals surface area contributed by atoms with Crippen LogP contribution >= 0.6 is 12.6 Å². The van der Waals surface area contributed by atoms with Crippen LogP contribution in [0.3, 0.4) is 0 Å². The maximum absolute atomic E-state index is 12.7. The smallest absolute Gasteiger partial charge is 0.326 e. The van der Waals surface area contributed by atoms with E-state index in [0.29, 0.717) is 25.8 Å². The van der Waals surface area contributed by atoms with Gasteiger partial charge >= 0.3 is 5.97 Å². The molecule has 0 fully saturated rings. The van der Waals surface area contributed by atoms with Crippen molar-refractivity contribution < 1.29 is 29.1 Å². The van der Waals surface area contributed by atoms with Crippen molar-refractivity contribution in [2.45, 2.75) is 76.5 Å². The van der Waals surface area contributed by atoms with Gasteiger partial charge in [0.25, 0.3) is 0 Å². The van der Waals surface area contributed by atoms with Gasteiger partial charge in [-0.05, 0) is 44.6 Å². The molecule has 0 heterocycles. The second-order valence-corrected chi connectivity index (χ2v) is 8.59. The first-order valence-corrected chi connectivity index (χ1v) is 11.5. The number of carbonyl (C=O) groups excluding carboxylic acids is 4. The van der Waals surface area contributed by atoms with E-state index in [-0.39, 0.29) is 30.9 Å². The molecule has 4 unspecified atom stereocenters. The second kappa shape index (κ2) is 16.3. The number of carboxylic acids is 1. The van der Waals surface area contributed by atoms with Crippen molar-refractivity contribution >= 4 is 42.2 Å². The van der Waals surface area contributed by atoms with Crippen LogP contribution in [-0.2, 0) is 24.0 Å². The van der Waals surface area contributed by atoms with Crippen molar-refractivity contribution in [1.29, 1.82) is 0 Å². The number of nitrogens with two attached hydrogens (primary N) is 3. The molecular weight excluding hydrogens is 452 g/mol. The van der Waals surface area contributed by atoms with E-state index >= 15 is 0 Å². The normalized spacial score (nSPS) is 14.6. The largest absolute Gasteiger partial charge is 0.480 e. The Kier molecular flexibility index (Phi) is 15.1. The molecular formula is C20H38N6O6S. The number of amides is 4. The van der Waals surface area contributed by atoms with Crippen LogP contribution in [0.5, 0.6) is 0 Å². The molecule has 0 aromatic heterocycles. The van der Waals surface area contributed by atoms with Crippen LogP contribution in [0.25, 0.3) is 0 Å². The maximum Gasteiger partial charge on any atom is 0.326 e. The number of rotatable bonds is 17. The molecule has 0 aromatic rings. The molecule has 0 aliphatic rings. The van der Waals surface area contributed by atoms with Crippen molar-refractivity contribution in [2.75, 3.05) is 12.3 Å². The van der Waals surface area contributed by atoms with Crippen molar-refractivity contribution in [3.8, 4) is 0 Å². The number of nitrogens with one attached hydrogen (secondary N) is 3. The molecule has 10 N–H and O–H groups in total. The minimum atomic E-state index is -1.35. The lowest BCUT2D eigenvalue weighted by Gasteiger charge is -2.24. The molecule has 0 radical (unpaired) electrons. The maximum atomic E-state index is 12.7. The van der Waals surface area contributed by atoms with Crippen LogP contribution in [0.15, 0.2) is 0 Å². The Balaban J connectivity index is 5.28. The molecule has 4 amide bonds. The number of unbranched alkanes of at least 4 members (excludes halogenated alkanes) is 1. The molecule has 0 saturated heterocycles. The number of aliphatic carboxylic acids is 1. The predicted molar refractivity (Wildman–Crippen MR) is 126 cm³/mol. The number of carbonyl (C=O) groups is 5. The van der Waals surface area contributed by atoms with E-state index in [1.165, 1.54) is 0 Å². The number of carboxylic acid groups (broad SMARTS) is 1. The summed E-state index contributed by atoms with van der Waals surface area (Å²) in [5.74, 6) is -3.81. The summed E-state index contributed by atoms with van der Waals surface area (Å²) in [6, 6.07) is -4.28.